The lowest BCUT2D eigenvalue weighted by atomic mass is 9.75. The standard InChI is InChI=1S/C38H71N5O12/c1-14-27-37(10,48)31(45)24(6)40-18-20(2)16-35(8,47)32(55-34-29(44)26(43(11)12)15-21(3)51-34)22(4)30(23(5)33(46)53-27)54-28-17-36(9,50-13)38(49,19-41-42-39)25(7)52-28/h20-32,34,40,44-45,47-49H,14-19H2,1-13H3/t20-,21-,22+,23-,24-,25+,26+,27-,28+,29-,30+,31-,32-,34+,35-,36-,37-,38+/m1/s1. The summed E-state index contributed by atoms with van der Waals surface area (Å²) in [6, 6.07) is -0.923. The van der Waals surface area contributed by atoms with Gasteiger partial charge in [0.2, 0.25) is 0 Å². The Kier molecular flexibility index (Phi) is 16.4. The fraction of sp³-hybridized carbons (Fsp3) is 0.974. The van der Waals surface area contributed by atoms with E-state index in [9.17, 15) is 30.3 Å². The molecule has 55 heavy (non-hydrogen) atoms. The largest absolute Gasteiger partial charge is 0.459 e. The van der Waals surface area contributed by atoms with Gasteiger partial charge in [-0.15, -0.1) is 0 Å². The highest BCUT2D eigenvalue weighted by Crippen LogP contribution is 2.43. The van der Waals surface area contributed by atoms with Crippen molar-refractivity contribution in [2.75, 3.05) is 34.3 Å². The predicted octanol–water partition coefficient (Wildman–Crippen LogP) is 2.24. The number of nitrogens with zero attached hydrogens (tertiary/aromatic N) is 4. The Hall–Kier alpha value is -1.70. The maximum absolute atomic E-state index is 14.3. The molecule has 0 spiro atoms. The second-order valence-corrected chi connectivity index (χ2v) is 17.4. The first-order valence-corrected chi connectivity index (χ1v) is 19.7. The number of methoxy groups -OCH3 is 1. The number of ether oxygens (including phenoxy) is 6. The van der Waals surface area contributed by atoms with Crippen LogP contribution in [0.15, 0.2) is 5.11 Å². The van der Waals surface area contributed by atoms with Gasteiger partial charge in [0.1, 0.15) is 35.1 Å². The average molecular weight is 790 g/mol. The van der Waals surface area contributed by atoms with Crippen LogP contribution in [0.2, 0.25) is 0 Å². The van der Waals surface area contributed by atoms with Crippen LogP contribution in [0.1, 0.15) is 94.9 Å². The van der Waals surface area contributed by atoms with Crippen LogP contribution in [-0.2, 0) is 33.2 Å². The molecule has 0 aromatic rings. The number of likely N-dealkylation sites (N-methyl/N-ethyl adjacent to an activating group) is 1. The SMILES string of the molecule is CC[C@H]1OC(=O)[C@H](C)[C@@H](O[C@H]2C[C@@](C)(OC)[C@](O)(CN=[N+]=[N-])[C@H](C)O2)[C@H](C)[C@@H](O[C@@H]2O[C@H](C)C[C@H](N(C)C)[C@H]2O)[C@](C)(O)C[C@@H](C)CN[C@H](C)[C@@H](O)[C@]1(C)O. The van der Waals surface area contributed by atoms with E-state index >= 15 is 0 Å². The van der Waals surface area contributed by atoms with Crippen molar-refractivity contribution in [3.63, 3.8) is 0 Å². The Balaban J connectivity index is 2.18. The number of hydrogen-bond donors (Lipinski definition) is 6. The molecule has 6 N–H and O–H groups in total. The van der Waals surface area contributed by atoms with E-state index < -0.39 is 95.5 Å². The minimum atomic E-state index is -1.84. The van der Waals surface area contributed by atoms with Crippen molar-refractivity contribution in [3.8, 4) is 0 Å². The smallest absolute Gasteiger partial charge is 0.311 e. The molecule has 320 valence electrons. The Morgan fingerprint density at radius 3 is 2.22 bits per heavy atom. The molecule has 3 saturated heterocycles. The lowest BCUT2D eigenvalue weighted by Gasteiger charge is -2.53. The molecule has 0 unspecified atom stereocenters. The van der Waals surface area contributed by atoms with Gasteiger partial charge in [0.05, 0.1) is 42.5 Å². The maximum Gasteiger partial charge on any atom is 0.311 e. The number of hydrogen-bond acceptors (Lipinski definition) is 15. The topological polar surface area (TPSA) is 238 Å². The normalized spacial score (nSPS) is 48.3. The Morgan fingerprint density at radius 2 is 1.65 bits per heavy atom. The summed E-state index contributed by atoms with van der Waals surface area (Å²) in [6.07, 6.45) is -8.37. The van der Waals surface area contributed by atoms with E-state index in [2.05, 4.69) is 15.3 Å². The fourth-order valence-corrected chi connectivity index (χ4v) is 8.86. The number of carbonyl (C=O) groups excluding carboxylic acids is 1. The third-order valence-electron chi connectivity index (χ3n) is 12.6. The molecule has 3 heterocycles. The van der Waals surface area contributed by atoms with E-state index in [4.69, 9.17) is 34.0 Å². The minimum absolute atomic E-state index is 0.0518. The van der Waals surface area contributed by atoms with E-state index in [1.807, 2.05) is 32.8 Å². The Bertz CT molecular complexity index is 1300. The van der Waals surface area contributed by atoms with Crippen LogP contribution in [0.3, 0.4) is 0 Å². The van der Waals surface area contributed by atoms with Crippen LogP contribution in [-0.4, -0.2) is 160 Å². The molecule has 0 aromatic carbocycles. The molecule has 0 aromatic heterocycles. The van der Waals surface area contributed by atoms with Gasteiger partial charge in [-0.2, -0.15) is 0 Å². The number of aliphatic hydroxyl groups is 5. The number of nitrogens with one attached hydrogen (secondary N) is 1. The molecule has 3 aliphatic rings. The highest BCUT2D eigenvalue weighted by molar-refractivity contribution is 5.73. The quantitative estimate of drug-likeness (QED) is 0.0851. The molecule has 3 rings (SSSR count). The van der Waals surface area contributed by atoms with Gasteiger partial charge in [0.15, 0.2) is 12.6 Å². The number of cyclic esters (lactones) is 1. The highest BCUT2D eigenvalue weighted by atomic mass is 16.7. The zero-order chi connectivity index (χ0) is 41.8. The average Bonchev–Trinajstić information content (AvgIpc) is 3.11. The predicted molar refractivity (Wildman–Crippen MR) is 203 cm³/mol. The number of esters is 1. The van der Waals surface area contributed by atoms with Crippen LogP contribution >= 0.6 is 0 Å². The summed E-state index contributed by atoms with van der Waals surface area (Å²) in [7, 11) is 5.15. The molecule has 0 aliphatic carbocycles. The Labute approximate surface area is 326 Å². The summed E-state index contributed by atoms with van der Waals surface area (Å²) in [6.45, 7) is 17.0. The molecule has 18 atom stereocenters. The number of aliphatic hydroxyl groups excluding tert-OH is 2. The maximum atomic E-state index is 14.3. The molecule has 0 radical (unpaired) electrons. The summed E-state index contributed by atoms with van der Waals surface area (Å²) >= 11 is 0. The van der Waals surface area contributed by atoms with Gasteiger partial charge in [-0.05, 0) is 99.8 Å². The van der Waals surface area contributed by atoms with Crippen LogP contribution in [0, 0.1) is 17.8 Å². The third-order valence-corrected chi connectivity index (χ3v) is 12.6. The second-order valence-electron chi connectivity index (χ2n) is 17.4. The third kappa shape index (κ3) is 10.5. The van der Waals surface area contributed by atoms with Gasteiger partial charge in [-0.25, -0.2) is 0 Å². The van der Waals surface area contributed by atoms with E-state index in [-0.39, 0.29) is 43.9 Å². The molecule has 17 heteroatoms. The molecule has 17 nitrogen and oxygen atoms in total. The van der Waals surface area contributed by atoms with Crippen molar-refractivity contribution in [3.05, 3.63) is 10.4 Å². The van der Waals surface area contributed by atoms with Gasteiger partial charge in [0.25, 0.3) is 0 Å². The zero-order valence-electron chi connectivity index (χ0n) is 35.2. The van der Waals surface area contributed by atoms with E-state index in [1.54, 1.807) is 48.5 Å². The van der Waals surface area contributed by atoms with Gasteiger partial charge in [-0.1, -0.05) is 25.9 Å². The number of carbonyl (C=O) groups is 1. The summed E-state index contributed by atoms with van der Waals surface area (Å²) in [5.74, 6) is -2.85. The monoisotopic (exact) mass is 790 g/mol. The minimum Gasteiger partial charge on any atom is -0.459 e. The zero-order valence-corrected chi connectivity index (χ0v) is 35.2. The summed E-state index contributed by atoms with van der Waals surface area (Å²) < 4.78 is 37.7. The van der Waals surface area contributed by atoms with Gasteiger partial charge < -0.3 is 64.2 Å². The van der Waals surface area contributed by atoms with Crippen LogP contribution < -0.4 is 5.32 Å². The van der Waals surface area contributed by atoms with Crippen molar-refractivity contribution in [2.45, 2.75) is 185 Å². The summed E-state index contributed by atoms with van der Waals surface area (Å²) in [4.78, 5) is 19.0. The van der Waals surface area contributed by atoms with Crippen molar-refractivity contribution in [1.29, 1.82) is 0 Å². The summed E-state index contributed by atoms with van der Waals surface area (Å²) in [5, 5.41) is 65.6. The molecule has 0 saturated carbocycles. The summed E-state index contributed by atoms with van der Waals surface area (Å²) in [5.41, 5.74) is 2.52. The first kappa shape index (κ1) is 47.7. The highest BCUT2D eigenvalue weighted by Gasteiger charge is 2.58. The van der Waals surface area contributed by atoms with Crippen molar-refractivity contribution in [2.24, 2.45) is 22.9 Å². The molecule has 3 aliphatic heterocycles. The molecule has 0 amide bonds. The number of azide groups is 1. The lowest BCUT2D eigenvalue weighted by Crippen LogP contribution is -2.68. The first-order valence-electron chi connectivity index (χ1n) is 19.7. The second kappa shape index (κ2) is 18.9. The van der Waals surface area contributed by atoms with Gasteiger partial charge in [0, 0.05) is 36.4 Å². The molecular formula is C38H71N5O12. The van der Waals surface area contributed by atoms with Crippen LogP contribution in [0.25, 0.3) is 10.4 Å². The molecule has 3 fully saturated rings. The van der Waals surface area contributed by atoms with Crippen LogP contribution in [0.4, 0.5) is 0 Å². The van der Waals surface area contributed by atoms with E-state index in [0.29, 0.717) is 13.0 Å². The van der Waals surface area contributed by atoms with E-state index in [1.165, 1.54) is 14.0 Å². The van der Waals surface area contributed by atoms with Crippen molar-refractivity contribution in [1.82, 2.24) is 10.2 Å². The molecule has 0 bridgehead atoms. The van der Waals surface area contributed by atoms with Crippen molar-refractivity contribution < 1.29 is 58.7 Å². The fourth-order valence-electron chi connectivity index (χ4n) is 8.86. The van der Waals surface area contributed by atoms with Crippen molar-refractivity contribution >= 4 is 5.97 Å². The van der Waals surface area contributed by atoms with E-state index in [0.717, 1.165) is 0 Å². The molecular weight excluding hydrogens is 718 g/mol. The van der Waals surface area contributed by atoms with Gasteiger partial charge >= 0.3 is 5.97 Å². The Morgan fingerprint density at radius 1 is 1.02 bits per heavy atom. The number of rotatable bonds is 9. The lowest BCUT2D eigenvalue weighted by molar-refractivity contribution is -0.335. The van der Waals surface area contributed by atoms with Crippen LogP contribution in [0.5, 0.6) is 0 Å². The first-order chi connectivity index (χ1) is 25.4. The van der Waals surface area contributed by atoms with Gasteiger partial charge in [-0.3, -0.25) is 4.79 Å².